The molecule has 0 spiro atoms. The van der Waals surface area contributed by atoms with Crippen molar-refractivity contribution in [2.75, 3.05) is 11.5 Å². The van der Waals surface area contributed by atoms with Crippen LogP contribution in [0.3, 0.4) is 0 Å². The molecule has 0 aliphatic carbocycles. The first-order valence-corrected chi connectivity index (χ1v) is 6.40. The van der Waals surface area contributed by atoms with Crippen molar-refractivity contribution in [2.24, 2.45) is 0 Å². The maximum Gasteiger partial charge on any atom is 0.0346 e. The van der Waals surface area contributed by atoms with Crippen molar-refractivity contribution in [1.29, 1.82) is 0 Å². The van der Waals surface area contributed by atoms with E-state index < -0.39 is 0 Å². The van der Waals surface area contributed by atoms with Crippen LogP contribution in [0.5, 0.6) is 0 Å². The van der Waals surface area contributed by atoms with Gasteiger partial charge < -0.3 is 11.5 Å². The van der Waals surface area contributed by atoms with Crippen LogP contribution in [-0.4, -0.2) is 4.98 Å². The van der Waals surface area contributed by atoms with Crippen LogP contribution in [0.25, 0.3) is 22.3 Å². The molecular weight excluding hydrogens is 246 g/mol. The number of nitrogen functional groups attached to an aromatic ring is 2. The third-order valence-electron chi connectivity index (χ3n) is 3.24. The highest BCUT2D eigenvalue weighted by Gasteiger charge is 2.08. The van der Waals surface area contributed by atoms with Gasteiger partial charge in [0.15, 0.2) is 0 Å². The van der Waals surface area contributed by atoms with E-state index in [1.54, 1.807) is 6.20 Å². The highest BCUT2D eigenvalue weighted by molar-refractivity contribution is 5.85. The minimum atomic E-state index is 0.739. The number of nitrogens with zero attached hydrogens (tertiary/aromatic N) is 1. The van der Waals surface area contributed by atoms with E-state index in [0.717, 1.165) is 33.6 Å². The normalized spacial score (nSPS) is 10.4. The van der Waals surface area contributed by atoms with Crippen LogP contribution in [0.15, 0.2) is 67.0 Å². The molecule has 3 aromatic rings. The number of aromatic nitrogens is 1. The van der Waals surface area contributed by atoms with E-state index >= 15 is 0 Å². The van der Waals surface area contributed by atoms with Gasteiger partial charge in [-0.2, -0.15) is 0 Å². The molecule has 3 rings (SSSR count). The lowest BCUT2D eigenvalue weighted by atomic mass is 9.95. The van der Waals surface area contributed by atoms with Gasteiger partial charge in [-0.3, -0.25) is 4.98 Å². The van der Waals surface area contributed by atoms with Gasteiger partial charge in [-0.05, 0) is 47.0 Å². The van der Waals surface area contributed by atoms with Gasteiger partial charge in [0.05, 0.1) is 0 Å². The molecule has 3 nitrogen and oxygen atoms in total. The summed E-state index contributed by atoms with van der Waals surface area (Å²) in [4.78, 5) is 4.18. The lowest BCUT2D eigenvalue weighted by Gasteiger charge is -2.11. The van der Waals surface area contributed by atoms with Crippen LogP contribution in [-0.2, 0) is 0 Å². The maximum absolute atomic E-state index is 5.93. The molecule has 0 bridgehead atoms. The fraction of sp³-hybridized carbons (Fsp3) is 0. The van der Waals surface area contributed by atoms with Gasteiger partial charge in [-0.1, -0.05) is 24.3 Å². The molecule has 0 atom stereocenters. The molecule has 2 aromatic carbocycles. The average Bonchev–Trinajstić information content (AvgIpc) is 2.49. The summed E-state index contributed by atoms with van der Waals surface area (Å²) in [5.41, 5.74) is 17.5. The van der Waals surface area contributed by atoms with Crippen molar-refractivity contribution >= 4 is 11.4 Å². The van der Waals surface area contributed by atoms with Crippen molar-refractivity contribution in [3.8, 4) is 22.3 Å². The van der Waals surface area contributed by atoms with E-state index in [-0.39, 0.29) is 0 Å². The van der Waals surface area contributed by atoms with Gasteiger partial charge in [0.1, 0.15) is 0 Å². The lowest BCUT2D eigenvalue weighted by molar-refractivity contribution is 1.33. The summed E-state index contributed by atoms with van der Waals surface area (Å²) in [6.07, 6.45) is 3.61. The molecule has 0 radical (unpaired) electrons. The molecule has 4 N–H and O–H groups in total. The van der Waals surface area contributed by atoms with Gasteiger partial charge in [0, 0.05) is 29.3 Å². The predicted octanol–water partition coefficient (Wildman–Crippen LogP) is 3.58. The molecule has 0 fully saturated rings. The standard InChI is InChI=1S/C17H15N3/c18-14-5-3-12(4-6-14)16-8-7-15(19)10-17(16)13-2-1-9-20-11-13/h1-11H,18-19H2. The number of pyridine rings is 1. The van der Waals surface area contributed by atoms with Crippen LogP contribution in [0.1, 0.15) is 0 Å². The van der Waals surface area contributed by atoms with E-state index in [9.17, 15) is 0 Å². The van der Waals surface area contributed by atoms with Crippen molar-refractivity contribution in [1.82, 2.24) is 4.98 Å². The Morgan fingerprint density at radius 1 is 0.700 bits per heavy atom. The van der Waals surface area contributed by atoms with Crippen LogP contribution in [0.2, 0.25) is 0 Å². The van der Waals surface area contributed by atoms with Gasteiger partial charge >= 0.3 is 0 Å². The Labute approximate surface area is 117 Å². The number of hydrogen-bond donors (Lipinski definition) is 2. The summed E-state index contributed by atoms with van der Waals surface area (Å²) in [6, 6.07) is 17.7. The second kappa shape index (κ2) is 5.05. The minimum Gasteiger partial charge on any atom is -0.399 e. The topological polar surface area (TPSA) is 64.9 Å². The lowest BCUT2D eigenvalue weighted by Crippen LogP contribution is -1.91. The summed E-state index contributed by atoms with van der Waals surface area (Å²) in [5, 5.41) is 0. The number of nitrogens with two attached hydrogens (primary N) is 2. The first kappa shape index (κ1) is 12.2. The fourth-order valence-corrected chi connectivity index (χ4v) is 2.24. The van der Waals surface area contributed by atoms with E-state index in [2.05, 4.69) is 4.98 Å². The molecule has 0 aliphatic heterocycles. The number of hydrogen-bond acceptors (Lipinski definition) is 3. The molecule has 0 saturated carbocycles. The third-order valence-corrected chi connectivity index (χ3v) is 3.24. The zero-order chi connectivity index (χ0) is 13.9. The van der Waals surface area contributed by atoms with Crippen molar-refractivity contribution in [2.45, 2.75) is 0 Å². The zero-order valence-electron chi connectivity index (χ0n) is 11.0. The Morgan fingerprint density at radius 3 is 2.15 bits per heavy atom. The summed E-state index contributed by atoms with van der Waals surface area (Å²) in [5.74, 6) is 0. The molecule has 1 aromatic heterocycles. The van der Waals surface area contributed by atoms with Crippen LogP contribution < -0.4 is 11.5 Å². The number of benzene rings is 2. The molecule has 98 valence electrons. The van der Waals surface area contributed by atoms with Crippen LogP contribution in [0.4, 0.5) is 11.4 Å². The molecule has 20 heavy (non-hydrogen) atoms. The first-order chi connectivity index (χ1) is 9.74. The molecular formula is C17H15N3. The van der Waals surface area contributed by atoms with Crippen LogP contribution >= 0.6 is 0 Å². The summed E-state index contributed by atoms with van der Waals surface area (Å²) >= 11 is 0. The third kappa shape index (κ3) is 2.34. The highest BCUT2D eigenvalue weighted by Crippen LogP contribution is 2.33. The van der Waals surface area contributed by atoms with Gasteiger partial charge in [-0.25, -0.2) is 0 Å². The highest BCUT2D eigenvalue weighted by atomic mass is 14.6. The Balaban J connectivity index is 2.19. The van der Waals surface area contributed by atoms with Crippen molar-refractivity contribution in [3.63, 3.8) is 0 Å². The van der Waals surface area contributed by atoms with E-state index in [4.69, 9.17) is 11.5 Å². The summed E-state index contributed by atoms with van der Waals surface area (Å²) in [7, 11) is 0. The van der Waals surface area contributed by atoms with E-state index in [0.29, 0.717) is 0 Å². The van der Waals surface area contributed by atoms with Crippen LogP contribution in [0, 0.1) is 0 Å². The largest absolute Gasteiger partial charge is 0.399 e. The number of rotatable bonds is 2. The smallest absolute Gasteiger partial charge is 0.0346 e. The monoisotopic (exact) mass is 261 g/mol. The molecule has 1 heterocycles. The van der Waals surface area contributed by atoms with Gasteiger partial charge in [-0.15, -0.1) is 0 Å². The minimum absolute atomic E-state index is 0.739. The fourth-order valence-electron chi connectivity index (χ4n) is 2.24. The average molecular weight is 261 g/mol. The Hall–Kier alpha value is -2.81. The second-order valence-electron chi connectivity index (χ2n) is 4.67. The summed E-state index contributed by atoms with van der Waals surface area (Å²) < 4.78 is 0. The Kier molecular flexibility index (Phi) is 3.09. The molecule has 0 unspecified atom stereocenters. The Bertz CT molecular complexity index is 719. The van der Waals surface area contributed by atoms with Crippen molar-refractivity contribution in [3.05, 3.63) is 67.0 Å². The molecule has 0 amide bonds. The predicted molar refractivity (Wildman–Crippen MR) is 83.9 cm³/mol. The zero-order valence-corrected chi connectivity index (χ0v) is 11.0. The van der Waals surface area contributed by atoms with Gasteiger partial charge in [0.25, 0.3) is 0 Å². The number of anilines is 2. The molecule has 3 heteroatoms. The van der Waals surface area contributed by atoms with E-state index in [1.807, 2.05) is 60.8 Å². The maximum atomic E-state index is 5.93. The first-order valence-electron chi connectivity index (χ1n) is 6.40. The second-order valence-corrected chi connectivity index (χ2v) is 4.67. The molecule has 0 aliphatic rings. The quantitative estimate of drug-likeness (QED) is 0.693. The van der Waals surface area contributed by atoms with E-state index in [1.165, 1.54) is 0 Å². The SMILES string of the molecule is Nc1ccc(-c2ccc(N)cc2-c2cccnc2)cc1. The van der Waals surface area contributed by atoms with Crippen molar-refractivity contribution < 1.29 is 0 Å². The van der Waals surface area contributed by atoms with Gasteiger partial charge in [0.2, 0.25) is 0 Å². The summed E-state index contributed by atoms with van der Waals surface area (Å²) in [6.45, 7) is 0. The Morgan fingerprint density at radius 2 is 1.45 bits per heavy atom. The molecule has 0 saturated heterocycles.